The number of nitrogens with one attached hydrogen (secondary N) is 1. The van der Waals surface area contributed by atoms with Gasteiger partial charge >= 0.3 is 0 Å². The summed E-state index contributed by atoms with van der Waals surface area (Å²) in [6.45, 7) is 0. The van der Waals surface area contributed by atoms with Gasteiger partial charge in [0.1, 0.15) is 5.82 Å². The van der Waals surface area contributed by atoms with Crippen molar-refractivity contribution < 1.29 is 4.79 Å². The zero-order valence-corrected chi connectivity index (χ0v) is 14.0. The van der Waals surface area contributed by atoms with Crippen molar-refractivity contribution >= 4 is 27.7 Å². The number of pyridine rings is 1. The summed E-state index contributed by atoms with van der Waals surface area (Å²) in [5.74, 6) is 0.388. The zero-order valence-electron chi connectivity index (χ0n) is 12.4. The van der Waals surface area contributed by atoms with Gasteiger partial charge in [-0.3, -0.25) is 4.79 Å². The molecular weight excluding hydrogens is 352 g/mol. The minimum Gasteiger partial charge on any atom is -0.307 e. The second-order valence-electron chi connectivity index (χ2n) is 5.14. The van der Waals surface area contributed by atoms with E-state index in [1.54, 1.807) is 12.3 Å². The molecule has 0 atom stereocenters. The Morgan fingerprint density at radius 1 is 0.957 bits per heavy atom. The van der Waals surface area contributed by atoms with Crippen LogP contribution in [0, 0.1) is 0 Å². The highest BCUT2D eigenvalue weighted by Gasteiger charge is 2.12. The molecular formula is C19H15BrN2O. The van der Waals surface area contributed by atoms with Crippen LogP contribution in [0.15, 0.2) is 77.4 Å². The molecule has 0 saturated carbocycles. The van der Waals surface area contributed by atoms with E-state index < -0.39 is 0 Å². The van der Waals surface area contributed by atoms with E-state index in [9.17, 15) is 4.79 Å². The molecule has 3 aromatic rings. The van der Waals surface area contributed by atoms with Gasteiger partial charge < -0.3 is 5.32 Å². The van der Waals surface area contributed by atoms with Crippen LogP contribution in [0.5, 0.6) is 0 Å². The molecule has 1 N–H and O–H groups in total. The first-order chi connectivity index (χ1) is 11.2. The molecule has 0 radical (unpaired) electrons. The number of anilines is 1. The molecule has 0 unspecified atom stereocenters. The van der Waals surface area contributed by atoms with Crippen molar-refractivity contribution in [3.63, 3.8) is 0 Å². The largest absolute Gasteiger partial charge is 0.307 e. The maximum atomic E-state index is 12.5. The Morgan fingerprint density at radius 2 is 1.70 bits per heavy atom. The molecule has 1 heterocycles. The molecule has 1 amide bonds. The van der Waals surface area contributed by atoms with Crippen molar-refractivity contribution in [2.75, 3.05) is 5.32 Å². The predicted molar refractivity (Wildman–Crippen MR) is 95.6 cm³/mol. The van der Waals surface area contributed by atoms with E-state index in [0.29, 0.717) is 11.4 Å². The van der Waals surface area contributed by atoms with Crippen LogP contribution in [-0.4, -0.2) is 10.9 Å². The lowest BCUT2D eigenvalue weighted by Gasteiger charge is -2.10. The molecule has 1 aromatic heterocycles. The van der Waals surface area contributed by atoms with Crippen molar-refractivity contribution in [1.29, 1.82) is 0 Å². The molecule has 23 heavy (non-hydrogen) atoms. The molecule has 0 saturated heterocycles. The van der Waals surface area contributed by atoms with Gasteiger partial charge in [-0.05, 0) is 51.7 Å². The molecule has 0 aliphatic heterocycles. The lowest BCUT2D eigenvalue weighted by molar-refractivity contribution is 0.102. The second-order valence-corrected chi connectivity index (χ2v) is 6.05. The number of hydrogen-bond donors (Lipinski definition) is 1. The highest BCUT2D eigenvalue weighted by atomic mass is 79.9. The number of hydrogen-bond acceptors (Lipinski definition) is 2. The number of aromatic nitrogens is 1. The fourth-order valence-corrected chi connectivity index (χ4v) is 2.58. The molecule has 0 bridgehead atoms. The molecule has 4 heteroatoms. The number of halogens is 1. The zero-order chi connectivity index (χ0) is 16.1. The van der Waals surface area contributed by atoms with E-state index in [4.69, 9.17) is 0 Å². The molecule has 0 spiro atoms. The SMILES string of the molecule is O=C(Nc1ccc(Br)cn1)c1ccccc1Cc1ccccc1. The van der Waals surface area contributed by atoms with Gasteiger partial charge in [-0.1, -0.05) is 48.5 Å². The fraction of sp³-hybridized carbons (Fsp3) is 0.0526. The summed E-state index contributed by atoms with van der Waals surface area (Å²) >= 11 is 3.33. The summed E-state index contributed by atoms with van der Waals surface area (Å²) in [6, 6.07) is 21.4. The average molecular weight is 367 g/mol. The minimum atomic E-state index is -0.147. The summed E-state index contributed by atoms with van der Waals surface area (Å²) in [6.07, 6.45) is 2.38. The average Bonchev–Trinajstić information content (AvgIpc) is 2.58. The molecule has 114 valence electrons. The number of carbonyl (C=O) groups is 1. The van der Waals surface area contributed by atoms with Crippen LogP contribution < -0.4 is 5.32 Å². The maximum Gasteiger partial charge on any atom is 0.257 e. The Bertz CT molecular complexity index is 801. The number of nitrogens with zero attached hydrogens (tertiary/aromatic N) is 1. The summed E-state index contributed by atoms with van der Waals surface area (Å²) in [5, 5.41) is 2.84. The van der Waals surface area contributed by atoms with Crippen LogP contribution in [-0.2, 0) is 6.42 Å². The Hall–Kier alpha value is -2.46. The molecule has 3 rings (SSSR count). The Labute approximate surface area is 143 Å². The Kier molecular flexibility index (Phi) is 4.83. The van der Waals surface area contributed by atoms with Gasteiger partial charge in [0.15, 0.2) is 0 Å². The summed E-state index contributed by atoms with van der Waals surface area (Å²) < 4.78 is 0.875. The predicted octanol–water partition coefficient (Wildman–Crippen LogP) is 4.69. The highest BCUT2D eigenvalue weighted by molar-refractivity contribution is 9.10. The van der Waals surface area contributed by atoms with E-state index in [0.717, 1.165) is 16.5 Å². The second kappa shape index (κ2) is 7.20. The van der Waals surface area contributed by atoms with Gasteiger partial charge in [0, 0.05) is 16.2 Å². The third-order valence-electron chi connectivity index (χ3n) is 3.47. The van der Waals surface area contributed by atoms with E-state index in [2.05, 4.69) is 38.4 Å². The first-order valence-corrected chi connectivity index (χ1v) is 8.06. The third-order valence-corrected chi connectivity index (χ3v) is 3.94. The van der Waals surface area contributed by atoms with Gasteiger partial charge in [-0.2, -0.15) is 0 Å². The Morgan fingerprint density at radius 3 is 2.43 bits per heavy atom. The molecule has 0 aliphatic rings. The summed E-state index contributed by atoms with van der Waals surface area (Å²) in [4.78, 5) is 16.7. The number of amides is 1. The monoisotopic (exact) mass is 366 g/mol. The molecule has 0 aliphatic carbocycles. The van der Waals surface area contributed by atoms with Crippen LogP contribution in [0.1, 0.15) is 21.5 Å². The van der Waals surface area contributed by atoms with Crippen molar-refractivity contribution in [2.24, 2.45) is 0 Å². The van der Waals surface area contributed by atoms with Gasteiger partial charge in [0.2, 0.25) is 0 Å². The minimum absolute atomic E-state index is 0.147. The quantitative estimate of drug-likeness (QED) is 0.727. The molecule has 2 aromatic carbocycles. The number of carbonyl (C=O) groups excluding carboxylic acids is 1. The summed E-state index contributed by atoms with van der Waals surface area (Å²) in [5.41, 5.74) is 2.84. The normalized spacial score (nSPS) is 10.3. The maximum absolute atomic E-state index is 12.5. The van der Waals surface area contributed by atoms with Crippen molar-refractivity contribution in [3.05, 3.63) is 94.1 Å². The van der Waals surface area contributed by atoms with Gasteiger partial charge in [-0.25, -0.2) is 4.98 Å². The van der Waals surface area contributed by atoms with E-state index in [1.807, 2.05) is 48.5 Å². The highest BCUT2D eigenvalue weighted by Crippen LogP contribution is 2.17. The lowest BCUT2D eigenvalue weighted by Crippen LogP contribution is -2.15. The standard InChI is InChI=1S/C19H15BrN2O/c20-16-10-11-18(21-13-16)22-19(23)17-9-5-4-8-15(17)12-14-6-2-1-3-7-14/h1-11,13H,12H2,(H,21,22,23). The van der Waals surface area contributed by atoms with E-state index >= 15 is 0 Å². The van der Waals surface area contributed by atoms with Crippen LogP contribution in [0.4, 0.5) is 5.82 Å². The first-order valence-electron chi connectivity index (χ1n) is 7.27. The van der Waals surface area contributed by atoms with Crippen LogP contribution in [0.3, 0.4) is 0 Å². The van der Waals surface area contributed by atoms with E-state index in [1.165, 1.54) is 5.56 Å². The van der Waals surface area contributed by atoms with Gasteiger partial charge in [0.05, 0.1) is 0 Å². The summed E-state index contributed by atoms with van der Waals surface area (Å²) in [7, 11) is 0. The number of benzene rings is 2. The molecule has 3 nitrogen and oxygen atoms in total. The van der Waals surface area contributed by atoms with Crippen LogP contribution in [0.25, 0.3) is 0 Å². The van der Waals surface area contributed by atoms with Crippen molar-refractivity contribution in [3.8, 4) is 0 Å². The van der Waals surface area contributed by atoms with Crippen LogP contribution >= 0.6 is 15.9 Å². The topological polar surface area (TPSA) is 42.0 Å². The van der Waals surface area contributed by atoms with Crippen molar-refractivity contribution in [1.82, 2.24) is 4.98 Å². The Balaban J connectivity index is 1.82. The van der Waals surface area contributed by atoms with Crippen LogP contribution in [0.2, 0.25) is 0 Å². The first kappa shape index (κ1) is 15.4. The molecule has 0 fully saturated rings. The van der Waals surface area contributed by atoms with Gasteiger partial charge in [-0.15, -0.1) is 0 Å². The van der Waals surface area contributed by atoms with E-state index in [-0.39, 0.29) is 5.91 Å². The fourth-order valence-electron chi connectivity index (χ4n) is 2.35. The van der Waals surface area contributed by atoms with Crippen molar-refractivity contribution in [2.45, 2.75) is 6.42 Å². The third kappa shape index (κ3) is 4.05. The smallest absolute Gasteiger partial charge is 0.257 e. The van der Waals surface area contributed by atoms with Gasteiger partial charge in [0.25, 0.3) is 5.91 Å². The number of rotatable bonds is 4. The lowest BCUT2D eigenvalue weighted by atomic mass is 9.99.